The summed E-state index contributed by atoms with van der Waals surface area (Å²) in [5, 5.41) is 2.88. The number of ether oxygens (including phenoxy) is 1. The summed E-state index contributed by atoms with van der Waals surface area (Å²) in [6.07, 6.45) is 9.16. The average molecular weight is 394 g/mol. The molecule has 4 rings (SSSR count). The van der Waals surface area contributed by atoms with Gasteiger partial charge in [0.25, 0.3) is 0 Å². The maximum absolute atomic E-state index is 11.9. The fourth-order valence-electron chi connectivity index (χ4n) is 3.61. The fraction of sp³-hybridized carbons (Fsp3) is 0.250. The highest BCUT2D eigenvalue weighted by atomic mass is 35.5. The van der Waals surface area contributed by atoms with E-state index in [0.29, 0.717) is 6.42 Å². The van der Waals surface area contributed by atoms with E-state index in [0.717, 1.165) is 46.4 Å². The Balaban J connectivity index is 0.00000225. The molecule has 1 aliphatic rings. The van der Waals surface area contributed by atoms with Crippen molar-refractivity contribution in [1.82, 2.24) is 4.98 Å². The van der Waals surface area contributed by atoms with Crippen molar-refractivity contribution in [3.05, 3.63) is 70.7 Å². The second-order valence-electron chi connectivity index (χ2n) is 7.10. The molecule has 4 heteroatoms. The van der Waals surface area contributed by atoms with Crippen molar-refractivity contribution in [1.29, 1.82) is 0 Å². The van der Waals surface area contributed by atoms with Gasteiger partial charge in [0.2, 0.25) is 0 Å². The number of rotatable bonds is 6. The van der Waals surface area contributed by atoms with Crippen molar-refractivity contribution in [3.8, 4) is 5.75 Å². The van der Waals surface area contributed by atoms with Crippen molar-refractivity contribution in [2.24, 2.45) is 0 Å². The molecule has 0 saturated heterocycles. The number of benzene rings is 2. The maximum Gasteiger partial charge on any atom is 0.160 e. The second kappa shape index (κ2) is 9.03. The van der Waals surface area contributed by atoms with E-state index >= 15 is 0 Å². The first kappa shape index (κ1) is 20.1. The van der Waals surface area contributed by atoms with Crippen molar-refractivity contribution < 1.29 is 9.53 Å². The number of aromatic nitrogens is 1. The minimum atomic E-state index is 0. The number of aryl methyl sites for hydroxylation is 1. The topological polar surface area (TPSA) is 39.2 Å². The fourth-order valence-corrected chi connectivity index (χ4v) is 3.61. The molecule has 0 spiro atoms. The van der Waals surface area contributed by atoms with Crippen LogP contribution in [0.25, 0.3) is 23.1 Å². The molecule has 1 aromatic heterocycles. The van der Waals surface area contributed by atoms with Gasteiger partial charge in [-0.05, 0) is 60.4 Å². The van der Waals surface area contributed by atoms with Gasteiger partial charge in [0.1, 0.15) is 5.75 Å². The Bertz CT molecular complexity index is 1090. The summed E-state index contributed by atoms with van der Waals surface area (Å²) in [7, 11) is 0. The smallest absolute Gasteiger partial charge is 0.160 e. The number of fused-ring (bicyclic) bond motifs is 3. The first-order valence-electron chi connectivity index (χ1n) is 9.54. The van der Waals surface area contributed by atoms with E-state index in [1.165, 1.54) is 5.56 Å². The second-order valence-corrected chi connectivity index (χ2v) is 7.10. The molecule has 3 aromatic rings. The highest BCUT2D eigenvalue weighted by Gasteiger charge is 2.12. The van der Waals surface area contributed by atoms with Gasteiger partial charge in [0.15, 0.2) is 5.78 Å². The molecule has 1 atom stereocenters. The first-order chi connectivity index (χ1) is 13.2. The third-order valence-corrected chi connectivity index (χ3v) is 5.00. The van der Waals surface area contributed by atoms with Gasteiger partial charge in [-0.2, -0.15) is 0 Å². The number of hydrogen-bond donors (Lipinski definition) is 0. The molecule has 0 bridgehead atoms. The van der Waals surface area contributed by atoms with E-state index in [4.69, 9.17) is 4.74 Å². The number of carbonyl (C=O) groups excluding carboxylic acids is 1. The molecule has 2 aromatic carbocycles. The number of nitrogens with zero attached hydrogens (tertiary/aromatic N) is 1. The Morgan fingerprint density at radius 3 is 2.75 bits per heavy atom. The van der Waals surface area contributed by atoms with E-state index in [1.807, 2.05) is 36.5 Å². The molecule has 0 radical (unpaired) electrons. The lowest BCUT2D eigenvalue weighted by Gasteiger charge is -2.17. The largest absolute Gasteiger partial charge is 0.490 e. The molecule has 144 valence electrons. The van der Waals surface area contributed by atoms with Crippen LogP contribution in [-0.4, -0.2) is 16.9 Å². The summed E-state index contributed by atoms with van der Waals surface area (Å²) in [6, 6.07) is 16.4. The molecule has 0 saturated carbocycles. The molecule has 1 unspecified atom stereocenters. The Hall–Kier alpha value is -2.65. The Labute approximate surface area is 171 Å². The van der Waals surface area contributed by atoms with E-state index in [1.54, 1.807) is 6.08 Å². The van der Waals surface area contributed by atoms with Crippen LogP contribution in [0.2, 0.25) is 0 Å². The van der Waals surface area contributed by atoms with Crippen molar-refractivity contribution in [2.75, 3.05) is 0 Å². The number of carbonyl (C=O) groups is 1. The summed E-state index contributed by atoms with van der Waals surface area (Å²) < 4.78 is 6.28. The lowest BCUT2D eigenvalue weighted by Crippen LogP contribution is -2.31. The summed E-state index contributed by atoms with van der Waals surface area (Å²) in [6.45, 7) is 2.10. The normalized spacial score (nSPS) is 13.7. The van der Waals surface area contributed by atoms with Gasteiger partial charge in [0.05, 0.1) is 17.0 Å². The maximum atomic E-state index is 11.9. The molecular formula is C24H24ClNO2. The number of hydrogen-bond acceptors (Lipinski definition) is 3. The van der Waals surface area contributed by atoms with E-state index in [2.05, 4.69) is 36.2 Å². The van der Waals surface area contributed by atoms with Crippen molar-refractivity contribution in [3.63, 3.8) is 0 Å². The van der Waals surface area contributed by atoms with Gasteiger partial charge in [-0.25, -0.2) is 0 Å². The third-order valence-electron chi connectivity index (χ3n) is 5.00. The van der Waals surface area contributed by atoms with E-state index < -0.39 is 0 Å². The zero-order valence-corrected chi connectivity index (χ0v) is 16.7. The van der Waals surface area contributed by atoms with Gasteiger partial charge in [-0.1, -0.05) is 42.5 Å². The monoisotopic (exact) mass is 393 g/mol. The average Bonchev–Trinajstić information content (AvgIpc) is 2.68. The molecule has 0 aliphatic heterocycles. The third kappa shape index (κ3) is 4.42. The Kier molecular flexibility index (Phi) is 6.48. The SMILES string of the molecule is CC(CCCc1ccccc1)Oc1cccc2ncc3c(c12)=CC(=O)CC=3.Cl. The minimum Gasteiger partial charge on any atom is -0.490 e. The van der Waals surface area contributed by atoms with Crippen LogP contribution in [0.15, 0.2) is 54.7 Å². The van der Waals surface area contributed by atoms with Crippen LogP contribution in [0, 0.1) is 0 Å². The van der Waals surface area contributed by atoms with Gasteiger partial charge >= 0.3 is 0 Å². The summed E-state index contributed by atoms with van der Waals surface area (Å²) in [5.41, 5.74) is 2.22. The van der Waals surface area contributed by atoms with E-state index in [9.17, 15) is 4.79 Å². The zero-order chi connectivity index (χ0) is 18.6. The lowest BCUT2D eigenvalue weighted by atomic mass is 10.0. The summed E-state index contributed by atoms with van der Waals surface area (Å²) in [4.78, 5) is 16.5. The number of Topliss-reactive ketones (excluding diaryl/α,β-unsaturated/α-hetero) is 1. The molecule has 28 heavy (non-hydrogen) atoms. The molecule has 0 fully saturated rings. The minimum absolute atomic E-state index is 0. The highest BCUT2D eigenvalue weighted by Crippen LogP contribution is 2.23. The van der Waals surface area contributed by atoms with Crippen LogP contribution in [0.3, 0.4) is 0 Å². The van der Waals surface area contributed by atoms with E-state index in [-0.39, 0.29) is 24.3 Å². The molecule has 1 aliphatic carbocycles. The Morgan fingerprint density at radius 1 is 1.11 bits per heavy atom. The predicted octanol–water partition coefficient (Wildman–Crippen LogP) is 3.98. The molecule has 3 nitrogen and oxygen atoms in total. The zero-order valence-electron chi connectivity index (χ0n) is 15.9. The van der Waals surface area contributed by atoms with Crippen LogP contribution in [0.5, 0.6) is 5.75 Å². The first-order valence-corrected chi connectivity index (χ1v) is 9.54. The molecule has 0 amide bonds. The van der Waals surface area contributed by atoms with Crippen LogP contribution >= 0.6 is 12.4 Å². The van der Waals surface area contributed by atoms with Crippen LogP contribution < -0.4 is 15.2 Å². The van der Waals surface area contributed by atoms with Gasteiger partial charge in [-0.15, -0.1) is 12.4 Å². The van der Waals surface area contributed by atoms with Gasteiger partial charge in [0, 0.05) is 12.6 Å². The molecular weight excluding hydrogens is 370 g/mol. The number of ketones is 1. The standard InChI is InChI=1S/C24H23NO2.ClH/c1-17(7-5-10-18-8-3-2-4-9-18)27-23-12-6-11-22-24(23)21-15-20(26)14-13-19(21)16-25-22;/h2-4,6,8-9,11-13,15-17H,5,7,10,14H2,1H3;1H. The molecule has 0 N–H and O–H groups in total. The summed E-state index contributed by atoms with van der Waals surface area (Å²) >= 11 is 0. The van der Waals surface area contributed by atoms with Crippen molar-refractivity contribution in [2.45, 2.75) is 38.7 Å². The summed E-state index contributed by atoms with van der Waals surface area (Å²) in [5.74, 6) is 0.934. The lowest BCUT2D eigenvalue weighted by molar-refractivity contribution is -0.112. The van der Waals surface area contributed by atoms with Crippen LogP contribution in [-0.2, 0) is 11.2 Å². The van der Waals surface area contributed by atoms with Crippen LogP contribution in [0.4, 0.5) is 0 Å². The number of halogens is 1. The van der Waals surface area contributed by atoms with Gasteiger partial charge < -0.3 is 4.74 Å². The quantitative estimate of drug-likeness (QED) is 0.635. The predicted molar refractivity (Wildman–Crippen MR) is 116 cm³/mol. The van der Waals surface area contributed by atoms with Gasteiger partial charge in [-0.3, -0.25) is 9.78 Å². The van der Waals surface area contributed by atoms with Crippen LogP contribution in [0.1, 0.15) is 31.7 Å². The molecule has 1 heterocycles. The number of pyridine rings is 1. The Morgan fingerprint density at radius 2 is 1.93 bits per heavy atom. The highest BCUT2D eigenvalue weighted by molar-refractivity contribution is 6.11. The van der Waals surface area contributed by atoms with Crippen molar-refractivity contribution >= 4 is 41.2 Å².